The predicted octanol–water partition coefficient (Wildman–Crippen LogP) is 2.50. The Morgan fingerprint density at radius 2 is 2.00 bits per heavy atom. The lowest BCUT2D eigenvalue weighted by atomic mass is 10.2. The number of rotatable bonds is 4. The molecular formula is C14H16N2O. The Morgan fingerprint density at radius 3 is 2.53 bits per heavy atom. The minimum absolute atomic E-state index is 0.109. The average molecular weight is 228 g/mol. The molecule has 0 aliphatic carbocycles. The molecule has 3 nitrogen and oxygen atoms in total. The summed E-state index contributed by atoms with van der Waals surface area (Å²) in [5, 5.41) is 8.73. The maximum Gasteiger partial charge on any atom is 0.247 e. The van der Waals surface area contributed by atoms with Crippen molar-refractivity contribution in [3.8, 4) is 6.07 Å². The minimum Gasteiger partial charge on any atom is -0.322 e. The van der Waals surface area contributed by atoms with Crippen molar-refractivity contribution < 1.29 is 4.79 Å². The third-order valence-corrected chi connectivity index (χ3v) is 2.20. The summed E-state index contributed by atoms with van der Waals surface area (Å²) in [5.41, 5.74) is 1.96. The van der Waals surface area contributed by atoms with Crippen LogP contribution < -0.4 is 0 Å². The summed E-state index contributed by atoms with van der Waals surface area (Å²) < 4.78 is 0. The third kappa shape index (κ3) is 4.52. The molecule has 0 aliphatic rings. The maximum atomic E-state index is 11.8. The van der Waals surface area contributed by atoms with Crippen molar-refractivity contribution >= 4 is 5.91 Å². The number of amides is 1. The van der Waals surface area contributed by atoms with Gasteiger partial charge in [0.25, 0.3) is 0 Å². The first-order chi connectivity index (χ1) is 8.13. The number of hydrogen-bond acceptors (Lipinski definition) is 2. The lowest BCUT2D eigenvalue weighted by Gasteiger charge is -2.18. The van der Waals surface area contributed by atoms with E-state index in [9.17, 15) is 4.79 Å². The van der Waals surface area contributed by atoms with Crippen LogP contribution in [0.15, 0.2) is 42.0 Å². The fourth-order valence-corrected chi connectivity index (χ4v) is 1.44. The molecule has 0 saturated carbocycles. The molecule has 17 heavy (non-hydrogen) atoms. The van der Waals surface area contributed by atoms with Gasteiger partial charge in [-0.15, -0.1) is 0 Å². The lowest BCUT2D eigenvalue weighted by Crippen LogP contribution is -2.29. The van der Waals surface area contributed by atoms with Gasteiger partial charge < -0.3 is 4.90 Å². The summed E-state index contributed by atoms with van der Waals surface area (Å²) in [5.74, 6) is -0.115. The molecule has 0 radical (unpaired) electrons. The van der Waals surface area contributed by atoms with Crippen molar-refractivity contribution in [3.05, 3.63) is 47.5 Å². The summed E-state index contributed by atoms with van der Waals surface area (Å²) in [6, 6.07) is 11.7. The molecule has 0 unspecified atom stereocenters. The number of carbonyl (C=O) groups excluding carboxylic acids is 1. The van der Waals surface area contributed by atoms with E-state index in [1.807, 2.05) is 50.2 Å². The number of nitrogens with zero attached hydrogens (tertiary/aromatic N) is 2. The van der Waals surface area contributed by atoms with Crippen LogP contribution in [0.4, 0.5) is 0 Å². The first-order valence-electron chi connectivity index (χ1n) is 5.48. The molecule has 0 aliphatic heterocycles. The smallest absolute Gasteiger partial charge is 0.247 e. The molecule has 0 bridgehead atoms. The average Bonchev–Trinajstić information content (AvgIpc) is 2.29. The minimum atomic E-state index is -0.115. The van der Waals surface area contributed by atoms with Crippen LogP contribution in [0.25, 0.3) is 0 Å². The normalized spacial score (nSPS) is 9.24. The molecule has 1 aromatic carbocycles. The van der Waals surface area contributed by atoms with E-state index in [2.05, 4.69) is 0 Å². The van der Waals surface area contributed by atoms with Gasteiger partial charge in [0.2, 0.25) is 5.91 Å². The zero-order valence-corrected chi connectivity index (χ0v) is 10.2. The van der Waals surface area contributed by atoms with Gasteiger partial charge in [-0.1, -0.05) is 35.9 Å². The Kier molecular flexibility index (Phi) is 4.96. The topological polar surface area (TPSA) is 44.1 Å². The first kappa shape index (κ1) is 13.0. The van der Waals surface area contributed by atoms with E-state index in [0.29, 0.717) is 6.54 Å². The molecule has 0 heterocycles. The van der Waals surface area contributed by atoms with Gasteiger partial charge in [0, 0.05) is 12.6 Å². The second kappa shape index (κ2) is 6.49. The van der Waals surface area contributed by atoms with Gasteiger partial charge in [0.05, 0.1) is 6.07 Å². The van der Waals surface area contributed by atoms with Crippen molar-refractivity contribution in [2.75, 3.05) is 6.54 Å². The predicted molar refractivity (Wildman–Crippen MR) is 66.9 cm³/mol. The van der Waals surface area contributed by atoms with Crippen molar-refractivity contribution in [3.63, 3.8) is 0 Å². The van der Waals surface area contributed by atoms with Crippen LogP contribution in [0.3, 0.4) is 0 Å². The van der Waals surface area contributed by atoms with Crippen molar-refractivity contribution in [2.24, 2.45) is 0 Å². The molecule has 1 amide bonds. The Balaban J connectivity index is 2.77. The second-order valence-corrected chi connectivity index (χ2v) is 4.06. The van der Waals surface area contributed by atoms with Crippen LogP contribution in [0.2, 0.25) is 0 Å². The van der Waals surface area contributed by atoms with Gasteiger partial charge in [0.1, 0.15) is 6.54 Å². The standard InChI is InChI=1S/C14H16N2O/c1-12(2)10-14(17)16(9-8-15)11-13-6-4-3-5-7-13/h3-7,10H,9,11H2,1-2H3. The summed E-state index contributed by atoms with van der Waals surface area (Å²) >= 11 is 0. The van der Waals surface area contributed by atoms with Crippen LogP contribution in [-0.2, 0) is 11.3 Å². The highest BCUT2D eigenvalue weighted by Crippen LogP contribution is 2.05. The van der Waals surface area contributed by atoms with Crippen LogP contribution in [0, 0.1) is 11.3 Å². The highest BCUT2D eigenvalue weighted by molar-refractivity contribution is 5.88. The molecule has 1 rings (SSSR count). The molecule has 0 saturated heterocycles. The molecule has 0 spiro atoms. The van der Waals surface area contributed by atoms with Crippen LogP contribution in [0.5, 0.6) is 0 Å². The van der Waals surface area contributed by atoms with Crippen molar-refractivity contribution in [2.45, 2.75) is 20.4 Å². The zero-order valence-electron chi connectivity index (χ0n) is 10.2. The molecule has 1 aromatic rings. The van der Waals surface area contributed by atoms with E-state index in [-0.39, 0.29) is 12.5 Å². The number of hydrogen-bond donors (Lipinski definition) is 0. The zero-order chi connectivity index (χ0) is 12.7. The lowest BCUT2D eigenvalue weighted by molar-refractivity contribution is -0.126. The van der Waals surface area contributed by atoms with Crippen LogP contribution in [0.1, 0.15) is 19.4 Å². The third-order valence-electron chi connectivity index (χ3n) is 2.20. The summed E-state index contributed by atoms with van der Waals surface area (Å²) in [6.45, 7) is 4.31. The fourth-order valence-electron chi connectivity index (χ4n) is 1.44. The maximum absolute atomic E-state index is 11.8. The quantitative estimate of drug-likeness (QED) is 0.587. The van der Waals surface area contributed by atoms with E-state index in [0.717, 1.165) is 11.1 Å². The Morgan fingerprint density at radius 1 is 1.35 bits per heavy atom. The highest BCUT2D eigenvalue weighted by Gasteiger charge is 2.10. The second-order valence-electron chi connectivity index (χ2n) is 4.06. The summed E-state index contributed by atoms with van der Waals surface area (Å²) in [6.07, 6.45) is 1.56. The SMILES string of the molecule is CC(C)=CC(=O)N(CC#N)Cc1ccccc1. The Hall–Kier alpha value is -2.08. The van der Waals surface area contributed by atoms with E-state index in [4.69, 9.17) is 5.26 Å². The van der Waals surface area contributed by atoms with E-state index in [1.54, 1.807) is 6.08 Å². The number of allylic oxidation sites excluding steroid dienone is 1. The Labute approximate surface area is 102 Å². The monoisotopic (exact) mass is 228 g/mol. The fraction of sp³-hybridized carbons (Fsp3) is 0.286. The van der Waals surface area contributed by atoms with Gasteiger partial charge >= 0.3 is 0 Å². The van der Waals surface area contributed by atoms with Gasteiger partial charge in [-0.25, -0.2) is 0 Å². The van der Waals surface area contributed by atoms with Gasteiger partial charge in [-0.2, -0.15) is 5.26 Å². The molecule has 0 N–H and O–H groups in total. The molecule has 0 fully saturated rings. The van der Waals surface area contributed by atoms with Crippen LogP contribution in [-0.4, -0.2) is 17.4 Å². The number of carbonyl (C=O) groups is 1. The van der Waals surface area contributed by atoms with Gasteiger partial charge in [0.15, 0.2) is 0 Å². The van der Waals surface area contributed by atoms with E-state index >= 15 is 0 Å². The molecule has 88 valence electrons. The van der Waals surface area contributed by atoms with Gasteiger partial charge in [-0.3, -0.25) is 4.79 Å². The van der Waals surface area contributed by atoms with Gasteiger partial charge in [-0.05, 0) is 19.4 Å². The summed E-state index contributed by atoms with van der Waals surface area (Å²) in [7, 11) is 0. The number of benzene rings is 1. The number of nitriles is 1. The van der Waals surface area contributed by atoms with E-state index < -0.39 is 0 Å². The van der Waals surface area contributed by atoms with Crippen molar-refractivity contribution in [1.29, 1.82) is 5.26 Å². The Bertz CT molecular complexity index is 439. The largest absolute Gasteiger partial charge is 0.322 e. The highest BCUT2D eigenvalue weighted by atomic mass is 16.2. The van der Waals surface area contributed by atoms with Crippen LogP contribution >= 0.6 is 0 Å². The van der Waals surface area contributed by atoms with Crippen molar-refractivity contribution in [1.82, 2.24) is 4.90 Å². The first-order valence-corrected chi connectivity index (χ1v) is 5.48. The molecule has 0 aromatic heterocycles. The molecule has 3 heteroatoms. The van der Waals surface area contributed by atoms with E-state index in [1.165, 1.54) is 4.90 Å². The summed E-state index contributed by atoms with van der Waals surface area (Å²) in [4.78, 5) is 13.4. The molecular weight excluding hydrogens is 212 g/mol. The molecule has 0 atom stereocenters.